The minimum Gasteiger partial charge on any atom is -0.325 e. The fraction of sp³-hybridized carbons (Fsp3) is 0.462. The first-order chi connectivity index (χ1) is 8.09. The third kappa shape index (κ3) is 2.75. The molecule has 0 heterocycles. The third-order valence-corrected chi connectivity index (χ3v) is 3.35. The highest BCUT2D eigenvalue weighted by Gasteiger charge is 2.32. The molecule has 17 heavy (non-hydrogen) atoms. The van der Waals surface area contributed by atoms with Crippen LogP contribution in [-0.4, -0.2) is 24.0 Å². The van der Waals surface area contributed by atoms with Crippen LogP contribution in [0, 0.1) is 11.7 Å². The molecule has 0 aliphatic heterocycles. The number of rotatable bonds is 3. The summed E-state index contributed by atoms with van der Waals surface area (Å²) in [6, 6.07) is 6.14. The Kier molecular flexibility index (Phi) is 3.31. The van der Waals surface area contributed by atoms with E-state index in [0.717, 1.165) is 0 Å². The molecule has 1 fully saturated rings. The number of nitrogens with one attached hydrogen (secondary N) is 1. The SMILES string of the molecule is CC(C1CC1)N(C)C(=O)Nc1ccccc1F. The second-order valence-corrected chi connectivity index (χ2v) is 4.60. The normalized spacial score (nSPS) is 16.4. The number of hydrogen-bond donors (Lipinski definition) is 1. The summed E-state index contributed by atoms with van der Waals surface area (Å²) in [6.45, 7) is 2.03. The van der Waals surface area contributed by atoms with E-state index in [1.807, 2.05) is 6.92 Å². The molecular formula is C13H17FN2O. The van der Waals surface area contributed by atoms with Gasteiger partial charge >= 0.3 is 6.03 Å². The zero-order chi connectivity index (χ0) is 12.4. The highest BCUT2D eigenvalue weighted by Crippen LogP contribution is 2.34. The van der Waals surface area contributed by atoms with Gasteiger partial charge in [-0.1, -0.05) is 12.1 Å². The van der Waals surface area contributed by atoms with Gasteiger partial charge < -0.3 is 10.2 Å². The van der Waals surface area contributed by atoms with Gasteiger partial charge in [-0.3, -0.25) is 0 Å². The van der Waals surface area contributed by atoms with E-state index < -0.39 is 5.82 Å². The number of urea groups is 1. The average molecular weight is 236 g/mol. The predicted molar refractivity (Wildman–Crippen MR) is 65.4 cm³/mol. The Hall–Kier alpha value is -1.58. The standard InChI is InChI=1S/C13H17FN2O/c1-9(10-7-8-10)16(2)13(17)15-12-6-4-3-5-11(12)14/h3-6,9-10H,7-8H2,1-2H3,(H,15,17). The largest absolute Gasteiger partial charge is 0.325 e. The Morgan fingerprint density at radius 1 is 1.47 bits per heavy atom. The van der Waals surface area contributed by atoms with Gasteiger partial charge in [-0.05, 0) is 37.8 Å². The molecule has 1 atom stereocenters. The number of carbonyl (C=O) groups excluding carboxylic acids is 1. The Morgan fingerprint density at radius 2 is 2.12 bits per heavy atom. The lowest BCUT2D eigenvalue weighted by molar-refractivity contribution is 0.201. The predicted octanol–water partition coefficient (Wildman–Crippen LogP) is 3.09. The summed E-state index contributed by atoms with van der Waals surface area (Å²) in [6.07, 6.45) is 2.36. The summed E-state index contributed by atoms with van der Waals surface area (Å²) in [5.74, 6) is 0.194. The summed E-state index contributed by atoms with van der Waals surface area (Å²) in [5.41, 5.74) is 0.229. The van der Waals surface area contributed by atoms with E-state index in [1.165, 1.54) is 18.9 Å². The van der Waals surface area contributed by atoms with Crippen molar-refractivity contribution in [3.8, 4) is 0 Å². The lowest BCUT2D eigenvalue weighted by atomic mass is 10.2. The third-order valence-electron chi connectivity index (χ3n) is 3.35. The van der Waals surface area contributed by atoms with Crippen LogP contribution in [0.15, 0.2) is 24.3 Å². The van der Waals surface area contributed by atoms with E-state index in [9.17, 15) is 9.18 Å². The van der Waals surface area contributed by atoms with Crippen LogP contribution in [0.5, 0.6) is 0 Å². The van der Waals surface area contributed by atoms with E-state index in [1.54, 1.807) is 30.1 Å². The van der Waals surface area contributed by atoms with E-state index in [4.69, 9.17) is 0 Å². The van der Waals surface area contributed by atoms with Crippen LogP contribution in [0.25, 0.3) is 0 Å². The molecule has 1 saturated carbocycles. The van der Waals surface area contributed by atoms with Crippen LogP contribution in [0.3, 0.4) is 0 Å². The number of amides is 2. The monoisotopic (exact) mass is 236 g/mol. The lowest BCUT2D eigenvalue weighted by Gasteiger charge is -2.25. The minimum absolute atomic E-state index is 0.210. The van der Waals surface area contributed by atoms with E-state index >= 15 is 0 Å². The average Bonchev–Trinajstić information content (AvgIpc) is 3.14. The second kappa shape index (κ2) is 4.73. The van der Waals surface area contributed by atoms with E-state index in [0.29, 0.717) is 5.92 Å². The highest BCUT2D eigenvalue weighted by atomic mass is 19.1. The van der Waals surface area contributed by atoms with Crippen molar-refractivity contribution >= 4 is 11.7 Å². The number of para-hydroxylation sites is 1. The van der Waals surface area contributed by atoms with Gasteiger partial charge in [-0.15, -0.1) is 0 Å². The van der Waals surface area contributed by atoms with Crippen molar-refractivity contribution in [1.29, 1.82) is 0 Å². The molecule has 1 aliphatic carbocycles. The Bertz CT molecular complexity index is 418. The van der Waals surface area contributed by atoms with Crippen molar-refractivity contribution in [2.75, 3.05) is 12.4 Å². The van der Waals surface area contributed by atoms with Gasteiger partial charge in [0.25, 0.3) is 0 Å². The molecule has 2 rings (SSSR count). The van der Waals surface area contributed by atoms with Crippen molar-refractivity contribution in [3.05, 3.63) is 30.1 Å². The zero-order valence-electron chi connectivity index (χ0n) is 10.1. The molecule has 4 heteroatoms. The van der Waals surface area contributed by atoms with E-state index in [2.05, 4.69) is 5.32 Å². The smallest absolute Gasteiger partial charge is 0.321 e. The Morgan fingerprint density at radius 3 is 2.71 bits per heavy atom. The van der Waals surface area contributed by atoms with Crippen LogP contribution >= 0.6 is 0 Å². The van der Waals surface area contributed by atoms with Gasteiger partial charge in [0.1, 0.15) is 5.82 Å². The number of carbonyl (C=O) groups is 1. The van der Waals surface area contributed by atoms with Crippen LogP contribution in [-0.2, 0) is 0 Å². The molecule has 3 nitrogen and oxygen atoms in total. The van der Waals surface area contributed by atoms with Gasteiger partial charge in [0.15, 0.2) is 0 Å². The molecule has 1 aromatic rings. The summed E-state index contributed by atoms with van der Waals surface area (Å²) in [5, 5.41) is 2.59. The van der Waals surface area contributed by atoms with Crippen molar-refractivity contribution in [2.45, 2.75) is 25.8 Å². The fourth-order valence-electron chi connectivity index (χ4n) is 1.85. The van der Waals surface area contributed by atoms with Crippen LogP contribution < -0.4 is 5.32 Å². The van der Waals surface area contributed by atoms with Gasteiger partial charge in [0, 0.05) is 13.1 Å². The lowest BCUT2D eigenvalue weighted by Crippen LogP contribution is -2.39. The van der Waals surface area contributed by atoms with Crippen LogP contribution in [0.2, 0.25) is 0 Å². The van der Waals surface area contributed by atoms with Crippen molar-refractivity contribution in [3.63, 3.8) is 0 Å². The van der Waals surface area contributed by atoms with Crippen molar-refractivity contribution in [1.82, 2.24) is 4.90 Å². The fourth-order valence-corrected chi connectivity index (χ4v) is 1.85. The highest BCUT2D eigenvalue weighted by molar-refractivity contribution is 5.89. The Balaban J connectivity index is 1.98. The summed E-state index contributed by atoms with van der Waals surface area (Å²) >= 11 is 0. The molecule has 1 N–H and O–H groups in total. The summed E-state index contributed by atoms with van der Waals surface area (Å²) in [7, 11) is 1.75. The molecule has 0 radical (unpaired) electrons. The van der Waals surface area contributed by atoms with Crippen LogP contribution in [0.4, 0.5) is 14.9 Å². The van der Waals surface area contributed by atoms with Gasteiger partial charge in [0.05, 0.1) is 5.69 Å². The Labute approximate surface area is 101 Å². The number of anilines is 1. The molecular weight excluding hydrogens is 219 g/mol. The molecule has 0 aromatic heterocycles. The molecule has 92 valence electrons. The van der Waals surface area contributed by atoms with Crippen molar-refractivity contribution < 1.29 is 9.18 Å². The van der Waals surface area contributed by atoms with Gasteiger partial charge in [-0.2, -0.15) is 0 Å². The quantitative estimate of drug-likeness (QED) is 0.859. The van der Waals surface area contributed by atoms with Crippen molar-refractivity contribution in [2.24, 2.45) is 5.92 Å². The van der Waals surface area contributed by atoms with E-state index in [-0.39, 0.29) is 17.8 Å². The molecule has 1 aromatic carbocycles. The van der Waals surface area contributed by atoms with Crippen LogP contribution in [0.1, 0.15) is 19.8 Å². The maximum atomic E-state index is 13.4. The minimum atomic E-state index is -0.409. The number of benzene rings is 1. The first-order valence-electron chi connectivity index (χ1n) is 5.88. The number of halogens is 1. The molecule has 1 aliphatic rings. The molecule has 0 bridgehead atoms. The molecule has 2 amide bonds. The van der Waals surface area contributed by atoms with Gasteiger partial charge in [-0.25, -0.2) is 9.18 Å². The summed E-state index contributed by atoms with van der Waals surface area (Å²) < 4.78 is 13.4. The maximum absolute atomic E-state index is 13.4. The first kappa shape index (κ1) is 11.9. The molecule has 1 unspecified atom stereocenters. The number of hydrogen-bond acceptors (Lipinski definition) is 1. The second-order valence-electron chi connectivity index (χ2n) is 4.60. The topological polar surface area (TPSA) is 32.3 Å². The molecule has 0 saturated heterocycles. The molecule has 0 spiro atoms. The summed E-state index contributed by atoms with van der Waals surface area (Å²) in [4.78, 5) is 13.5. The first-order valence-corrected chi connectivity index (χ1v) is 5.88. The number of nitrogens with zero attached hydrogens (tertiary/aromatic N) is 1. The van der Waals surface area contributed by atoms with Gasteiger partial charge in [0.2, 0.25) is 0 Å². The maximum Gasteiger partial charge on any atom is 0.321 e. The zero-order valence-corrected chi connectivity index (χ0v) is 10.1.